The van der Waals surface area contributed by atoms with Crippen molar-refractivity contribution in [2.75, 3.05) is 0 Å². The maximum atomic E-state index is 11.8. The third kappa shape index (κ3) is 1.44. The summed E-state index contributed by atoms with van der Waals surface area (Å²) in [6.07, 6.45) is 0. The molecule has 18 heavy (non-hydrogen) atoms. The molecule has 88 valence electrons. The van der Waals surface area contributed by atoms with Crippen molar-refractivity contribution in [2.45, 2.75) is 6.92 Å². The molecule has 1 heterocycles. The van der Waals surface area contributed by atoms with E-state index >= 15 is 0 Å². The molecule has 0 saturated carbocycles. The van der Waals surface area contributed by atoms with Crippen LogP contribution in [0.5, 0.6) is 0 Å². The van der Waals surface area contributed by atoms with Gasteiger partial charge in [0.15, 0.2) is 0 Å². The molecule has 0 spiro atoms. The molecule has 0 unspecified atom stereocenters. The summed E-state index contributed by atoms with van der Waals surface area (Å²) < 4.78 is 4.69. The van der Waals surface area contributed by atoms with Crippen molar-refractivity contribution in [1.29, 1.82) is 0 Å². The molecule has 0 saturated heterocycles. The molecule has 1 aliphatic heterocycles. The Morgan fingerprint density at radius 1 is 0.833 bits per heavy atom. The Morgan fingerprint density at radius 3 is 2.39 bits per heavy atom. The molecule has 0 amide bonds. The van der Waals surface area contributed by atoms with Crippen LogP contribution in [0.1, 0.15) is 5.56 Å². The Bertz CT molecular complexity index is 786. The van der Waals surface area contributed by atoms with Crippen molar-refractivity contribution in [2.24, 2.45) is 0 Å². The van der Waals surface area contributed by atoms with E-state index < -0.39 is 11.3 Å². The van der Waals surface area contributed by atoms with Crippen molar-refractivity contribution in [3.63, 3.8) is 0 Å². The number of rotatable bonds is 0. The molecule has 3 nitrogen and oxygen atoms in total. The summed E-state index contributed by atoms with van der Waals surface area (Å²) in [4.78, 5) is 23.4. The first kappa shape index (κ1) is 10.7. The zero-order valence-corrected chi connectivity index (χ0v) is 9.77. The Morgan fingerprint density at radius 2 is 1.56 bits per heavy atom. The maximum absolute atomic E-state index is 11.8. The van der Waals surface area contributed by atoms with Gasteiger partial charge in [0.2, 0.25) is 0 Å². The SMILES string of the molecule is Cc1ccccc2cccc3c(=O)oc(=O)c-3c1-2. The molecule has 0 N–H and O–H groups in total. The zero-order valence-electron chi connectivity index (χ0n) is 9.77. The van der Waals surface area contributed by atoms with Crippen molar-refractivity contribution in [3.05, 3.63) is 68.9 Å². The van der Waals surface area contributed by atoms with E-state index in [1.807, 2.05) is 37.3 Å². The second-order valence-electron chi connectivity index (χ2n) is 4.22. The van der Waals surface area contributed by atoms with Crippen molar-refractivity contribution < 1.29 is 4.42 Å². The molecule has 2 aliphatic carbocycles. The minimum atomic E-state index is -0.571. The van der Waals surface area contributed by atoms with Crippen molar-refractivity contribution in [3.8, 4) is 22.3 Å². The normalized spacial score (nSPS) is 10.9. The lowest BCUT2D eigenvalue weighted by atomic mass is 9.98. The van der Waals surface area contributed by atoms with E-state index in [4.69, 9.17) is 0 Å². The first-order chi connectivity index (χ1) is 8.68. The van der Waals surface area contributed by atoms with Gasteiger partial charge in [-0.3, -0.25) is 0 Å². The first-order valence-corrected chi connectivity index (χ1v) is 5.64. The highest BCUT2D eigenvalue weighted by Crippen LogP contribution is 2.31. The molecule has 0 aromatic carbocycles. The highest BCUT2D eigenvalue weighted by atomic mass is 16.4. The molecule has 3 rings (SSSR count). The van der Waals surface area contributed by atoms with E-state index in [-0.39, 0.29) is 0 Å². The molecule has 0 aromatic rings. The van der Waals surface area contributed by atoms with E-state index in [0.717, 1.165) is 16.7 Å². The van der Waals surface area contributed by atoms with Crippen LogP contribution in [0.15, 0.2) is 56.5 Å². The molecule has 0 fully saturated rings. The average molecular weight is 238 g/mol. The summed E-state index contributed by atoms with van der Waals surface area (Å²) in [5, 5.41) is 0. The van der Waals surface area contributed by atoms with Gasteiger partial charge in [0.1, 0.15) is 0 Å². The fraction of sp³-hybridized carbons (Fsp3) is 0.0667. The second kappa shape index (κ2) is 3.81. The zero-order chi connectivity index (χ0) is 12.7. The van der Waals surface area contributed by atoms with Crippen LogP contribution in [0, 0.1) is 6.92 Å². The van der Waals surface area contributed by atoms with Crippen LogP contribution in [0.25, 0.3) is 22.3 Å². The highest BCUT2D eigenvalue weighted by Gasteiger charge is 2.21. The predicted molar refractivity (Wildman–Crippen MR) is 69.2 cm³/mol. The molecule has 3 heteroatoms. The van der Waals surface area contributed by atoms with Gasteiger partial charge < -0.3 is 4.42 Å². The van der Waals surface area contributed by atoms with E-state index in [1.54, 1.807) is 12.1 Å². The van der Waals surface area contributed by atoms with Gasteiger partial charge in [-0.1, -0.05) is 36.4 Å². The molecule has 3 aliphatic rings. The molecular weight excluding hydrogens is 228 g/mol. The van der Waals surface area contributed by atoms with E-state index in [9.17, 15) is 9.59 Å². The van der Waals surface area contributed by atoms with Gasteiger partial charge in [0, 0.05) is 0 Å². The highest BCUT2D eigenvalue weighted by molar-refractivity contribution is 5.85. The number of furan rings is 1. The standard InChI is InChI=1S/C15H10O3/c1-9-5-2-3-6-10-7-4-8-11-13(12(9)10)15(17)18-14(11)16/h2-8H,1H3. The topological polar surface area (TPSA) is 47.3 Å². The number of aryl methyl sites for hydroxylation is 1. The van der Waals surface area contributed by atoms with Crippen LogP contribution >= 0.6 is 0 Å². The Balaban J connectivity index is 2.61. The van der Waals surface area contributed by atoms with Gasteiger partial charge in [-0.25, -0.2) is 9.59 Å². The van der Waals surface area contributed by atoms with Gasteiger partial charge in [-0.05, 0) is 29.7 Å². The van der Waals surface area contributed by atoms with Crippen molar-refractivity contribution in [1.82, 2.24) is 0 Å². The molecule has 0 aromatic heterocycles. The van der Waals surface area contributed by atoms with E-state index in [1.165, 1.54) is 0 Å². The van der Waals surface area contributed by atoms with Gasteiger partial charge in [0.25, 0.3) is 0 Å². The lowest BCUT2D eigenvalue weighted by Crippen LogP contribution is -1.97. The lowest BCUT2D eigenvalue weighted by Gasteiger charge is -2.02. The summed E-state index contributed by atoms with van der Waals surface area (Å²) in [7, 11) is 0. The quantitative estimate of drug-likeness (QED) is 0.604. The number of fused-ring (bicyclic) bond motifs is 3. The minimum Gasteiger partial charge on any atom is -0.386 e. The van der Waals surface area contributed by atoms with Gasteiger partial charge in [-0.2, -0.15) is 0 Å². The Labute approximate surface area is 103 Å². The third-order valence-electron chi connectivity index (χ3n) is 3.08. The summed E-state index contributed by atoms with van der Waals surface area (Å²) in [5.74, 6) is 0. The first-order valence-electron chi connectivity index (χ1n) is 5.64. The molecule has 0 radical (unpaired) electrons. The molecular formula is C15H10O3. The maximum Gasteiger partial charge on any atom is 0.347 e. The van der Waals surface area contributed by atoms with Crippen LogP contribution < -0.4 is 11.3 Å². The fourth-order valence-corrected chi connectivity index (χ4v) is 2.27. The summed E-state index contributed by atoms with van der Waals surface area (Å²) in [5.41, 5.74) is 2.19. The summed E-state index contributed by atoms with van der Waals surface area (Å²) in [6.45, 7) is 1.92. The Kier molecular flexibility index (Phi) is 2.27. The molecule has 0 bridgehead atoms. The van der Waals surface area contributed by atoms with Crippen LogP contribution in [-0.4, -0.2) is 0 Å². The molecule has 0 atom stereocenters. The predicted octanol–water partition coefficient (Wildman–Crippen LogP) is 2.52. The number of hydrogen-bond acceptors (Lipinski definition) is 3. The third-order valence-corrected chi connectivity index (χ3v) is 3.08. The monoisotopic (exact) mass is 238 g/mol. The average Bonchev–Trinajstić information content (AvgIpc) is 2.53. The Hall–Kier alpha value is -2.42. The largest absolute Gasteiger partial charge is 0.386 e. The lowest BCUT2D eigenvalue weighted by molar-refractivity contribution is 0.498. The fourth-order valence-electron chi connectivity index (χ4n) is 2.27. The minimum absolute atomic E-state index is 0.337. The van der Waals surface area contributed by atoms with Crippen LogP contribution in [-0.2, 0) is 0 Å². The number of hydrogen-bond donors (Lipinski definition) is 0. The van der Waals surface area contributed by atoms with Crippen molar-refractivity contribution >= 4 is 0 Å². The van der Waals surface area contributed by atoms with Gasteiger partial charge in [0.05, 0.1) is 11.1 Å². The van der Waals surface area contributed by atoms with E-state index in [0.29, 0.717) is 11.1 Å². The smallest absolute Gasteiger partial charge is 0.347 e. The van der Waals surface area contributed by atoms with Gasteiger partial charge in [-0.15, -0.1) is 0 Å². The van der Waals surface area contributed by atoms with Crippen LogP contribution in [0.3, 0.4) is 0 Å². The van der Waals surface area contributed by atoms with E-state index in [2.05, 4.69) is 4.42 Å². The van der Waals surface area contributed by atoms with Crippen LogP contribution in [0.2, 0.25) is 0 Å². The van der Waals surface area contributed by atoms with Crippen LogP contribution in [0.4, 0.5) is 0 Å². The second-order valence-corrected chi connectivity index (χ2v) is 4.22. The van der Waals surface area contributed by atoms with Gasteiger partial charge >= 0.3 is 11.3 Å². The summed E-state index contributed by atoms with van der Waals surface area (Å²) >= 11 is 0. The summed E-state index contributed by atoms with van der Waals surface area (Å²) in [6, 6.07) is 12.9.